The maximum absolute atomic E-state index is 13.6. The highest BCUT2D eigenvalue weighted by Gasteiger charge is 2.32. The van der Waals surface area contributed by atoms with E-state index in [1.165, 1.54) is 4.90 Å². The van der Waals surface area contributed by atoms with Gasteiger partial charge in [0.05, 0.1) is 22.0 Å². The van der Waals surface area contributed by atoms with Gasteiger partial charge in [0, 0.05) is 17.1 Å². The first-order valence-corrected chi connectivity index (χ1v) is 14.4. The summed E-state index contributed by atoms with van der Waals surface area (Å²) in [5.74, 6) is -0.839. The van der Waals surface area contributed by atoms with Crippen LogP contribution in [0.1, 0.15) is 38.3 Å². The number of anilines is 1. The zero-order chi connectivity index (χ0) is 26.5. The van der Waals surface area contributed by atoms with Crippen LogP contribution in [0.3, 0.4) is 0 Å². The third kappa shape index (κ3) is 8.10. The minimum absolute atomic E-state index is 0.0523. The molecule has 2 aromatic carbocycles. The number of carbonyl (C=O) groups is 2. The molecule has 0 radical (unpaired) electrons. The van der Waals surface area contributed by atoms with Crippen molar-refractivity contribution in [3.63, 3.8) is 0 Å². The van der Waals surface area contributed by atoms with Crippen molar-refractivity contribution in [1.29, 1.82) is 0 Å². The molecule has 0 aliphatic carbocycles. The summed E-state index contributed by atoms with van der Waals surface area (Å²) in [6.45, 7) is 6.87. The molecule has 0 aliphatic rings. The number of nitrogens with one attached hydrogen (secondary N) is 1. The molecule has 0 aromatic heterocycles. The Labute approximate surface area is 225 Å². The highest BCUT2D eigenvalue weighted by atomic mass is 79.9. The van der Waals surface area contributed by atoms with E-state index in [1.807, 2.05) is 20.8 Å². The number of carbonyl (C=O) groups excluding carboxylic acids is 2. The summed E-state index contributed by atoms with van der Waals surface area (Å²) in [6.07, 6.45) is 1.38. The van der Waals surface area contributed by atoms with Gasteiger partial charge in [-0.3, -0.25) is 13.9 Å². The summed E-state index contributed by atoms with van der Waals surface area (Å²) in [5.41, 5.74) is 1.84. The Balaban J connectivity index is 2.48. The molecule has 0 spiro atoms. The second-order valence-electron chi connectivity index (χ2n) is 8.56. The fourth-order valence-corrected chi connectivity index (χ4v) is 4.94. The molecular formula is C24H30BrCl2N3O4S. The van der Waals surface area contributed by atoms with Crippen LogP contribution in [0.4, 0.5) is 5.69 Å². The van der Waals surface area contributed by atoms with E-state index in [4.69, 9.17) is 23.2 Å². The van der Waals surface area contributed by atoms with Gasteiger partial charge in [0.1, 0.15) is 12.6 Å². The first kappa shape index (κ1) is 29.4. The molecule has 0 aliphatic heterocycles. The zero-order valence-corrected chi connectivity index (χ0v) is 24.2. The van der Waals surface area contributed by atoms with Crippen LogP contribution < -0.4 is 9.62 Å². The first-order chi connectivity index (χ1) is 16.2. The molecule has 0 saturated carbocycles. The van der Waals surface area contributed by atoms with E-state index in [0.29, 0.717) is 27.7 Å². The topological polar surface area (TPSA) is 86.8 Å². The molecule has 192 valence electrons. The minimum Gasteiger partial charge on any atom is -0.352 e. The van der Waals surface area contributed by atoms with Gasteiger partial charge in [-0.2, -0.15) is 0 Å². The molecule has 2 rings (SSSR count). The first-order valence-electron chi connectivity index (χ1n) is 11.0. The number of nitrogens with zero attached hydrogens (tertiary/aromatic N) is 2. The fraction of sp³-hybridized carbons (Fsp3) is 0.417. The quantitative estimate of drug-likeness (QED) is 0.405. The molecule has 11 heteroatoms. The minimum atomic E-state index is -3.80. The predicted octanol–water partition coefficient (Wildman–Crippen LogP) is 5.16. The summed E-state index contributed by atoms with van der Waals surface area (Å²) in [5, 5.41) is 3.53. The standard InChI is InChI=1S/C24H30BrCl2N3O4S/c1-6-22(24(32)28-15(2)3)29(13-17-7-10-20(26)21(27)12-17)23(31)14-30(35(5,33)34)18-8-9-19(25)16(4)11-18/h7-12,15,22H,6,13-14H2,1-5H3,(H,28,32). The average Bonchev–Trinajstić information content (AvgIpc) is 2.75. The highest BCUT2D eigenvalue weighted by molar-refractivity contribution is 9.10. The van der Waals surface area contributed by atoms with Crippen LogP contribution in [0.15, 0.2) is 40.9 Å². The van der Waals surface area contributed by atoms with Crippen LogP contribution in [0.25, 0.3) is 0 Å². The van der Waals surface area contributed by atoms with Crippen molar-refractivity contribution < 1.29 is 18.0 Å². The number of aryl methyl sites for hydroxylation is 1. The van der Waals surface area contributed by atoms with Crippen molar-refractivity contribution in [2.45, 2.75) is 52.7 Å². The number of hydrogen-bond donors (Lipinski definition) is 1. The molecule has 0 fully saturated rings. The van der Waals surface area contributed by atoms with Crippen LogP contribution in [-0.2, 0) is 26.2 Å². The van der Waals surface area contributed by atoms with E-state index < -0.39 is 28.5 Å². The Bertz CT molecular complexity index is 1190. The predicted molar refractivity (Wildman–Crippen MR) is 145 cm³/mol. The summed E-state index contributed by atoms with van der Waals surface area (Å²) in [6, 6.07) is 9.06. The fourth-order valence-electron chi connectivity index (χ4n) is 3.53. The largest absolute Gasteiger partial charge is 0.352 e. The molecule has 0 heterocycles. The lowest BCUT2D eigenvalue weighted by atomic mass is 10.1. The zero-order valence-electron chi connectivity index (χ0n) is 20.3. The third-order valence-corrected chi connectivity index (χ3v) is 8.03. The van der Waals surface area contributed by atoms with Crippen molar-refractivity contribution >= 4 is 66.7 Å². The molecule has 1 N–H and O–H groups in total. The van der Waals surface area contributed by atoms with Crippen molar-refractivity contribution in [3.05, 3.63) is 62.0 Å². The Morgan fingerprint density at radius 2 is 1.74 bits per heavy atom. The van der Waals surface area contributed by atoms with Gasteiger partial charge in [-0.1, -0.05) is 52.1 Å². The van der Waals surface area contributed by atoms with Crippen molar-refractivity contribution in [1.82, 2.24) is 10.2 Å². The number of amides is 2. The summed E-state index contributed by atoms with van der Waals surface area (Å²) < 4.78 is 27.2. The number of hydrogen-bond acceptors (Lipinski definition) is 4. The Morgan fingerprint density at radius 1 is 1.09 bits per heavy atom. The Hall–Kier alpha value is -1.81. The van der Waals surface area contributed by atoms with Gasteiger partial charge in [0.15, 0.2) is 0 Å². The summed E-state index contributed by atoms with van der Waals surface area (Å²) in [7, 11) is -3.80. The van der Waals surface area contributed by atoms with Gasteiger partial charge in [-0.25, -0.2) is 8.42 Å². The second-order valence-corrected chi connectivity index (χ2v) is 12.1. The number of sulfonamides is 1. The van der Waals surface area contributed by atoms with Gasteiger partial charge in [-0.15, -0.1) is 0 Å². The van der Waals surface area contributed by atoms with E-state index in [9.17, 15) is 18.0 Å². The molecule has 2 amide bonds. The van der Waals surface area contributed by atoms with Crippen LogP contribution in [0, 0.1) is 6.92 Å². The maximum Gasteiger partial charge on any atom is 0.244 e. The third-order valence-electron chi connectivity index (χ3n) is 5.26. The summed E-state index contributed by atoms with van der Waals surface area (Å²) >= 11 is 15.6. The normalized spacial score (nSPS) is 12.4. The Morgan fingerprint density at radius 3 is 2.26 bits per heavy atom. The SMILES string of the molecule is CCC(C(=O)NC(C)C)N(Cc1ccc(Cl)c(Cl)c1)C(=O)CN(c1ccc(Br)c(C)c1)S(C)(=O)=O. The van der Waals surface area contributed by atoms with Crippen molar-refractivity contribution in [2.24, 2.45) is 0 Å². The number of rotatable bonds is 10. The lowest BCUT2D eigenvalue weighted by Crippen LogP contribution is -2.53. The molecule has 1 atom stereocenters. The molecule has 0 saturated heterocycles. The molecular weight excluding hydrogens is 577 g/mol. The van der Waals surface area contributed by atoms with Crippen LogP contribution in [0.5, 0.6) is 0 Å². The van der Waals surface area contributed by atoms with E-state index >= 15 is 0 Å². The second kappa shape index (κ2) is 12.4. The van der Waals surface area contributed by atoms with Gasteiger partial charge in [-0.05, 0) is 68.7 Å². The molecule has 7 nitrogen and oxygen atoms in total. The smallest absolute Gasteiger partial charge is 0.244 e. The van der Waals surface area contributed by atoms with Crippen LogP contribution in [0.2, 0.25) is 10.0 Å². The van der Waals surface area contributed by atoms with Gasteiger partial charge < -0.3 is 10.2 Å². The molecule has 2 aromatic rings. The van der Waals surface area contributed by atoms with E-state index in [0.717, 1.165) is 20.6 Å². The van der Waals surface area contributed by atoms with Crippen LogP contribution >= 0.6 is 39.1 Å². The lowest BCUT2D eigenvalue weighted by Gasteiger charge is -2.33. The molecule has 1 unspecified atom stereocenters. The summed E-state index contributed by atoms with van der Waals surface area (Å²) in [4.78, 5) is 28.0. The number of halogens is 3. The average molecular weight is 607 g/mol. The monoisotopic (exact) mass is 605 g/mol. The Kier molecular flexibility index (Phi) is 10.4. The van der Waals surface area contributed by atoms with Crippen molar-refractivity contribution in [3.8, 4) is 0 Å². The van der Waals surface area contributed by atoms with Gasteiger partial charge in [0.2, 0.25) is 21.8 Å². The maximum atomic E-state index is 13.6. The highest BCUT2D eigenvalue weighted by Crippen LogP contribution is 2.26. The van der Waals surface area contributed by atoms with Crippen LogP contribution in [-0.4, -0.2) is 50.0 Å². The lowest BCUT2D eigenvalue weighted by molar-refractivity contribution is -0.140. The van der Waals surface area contributed by atoms with Crippen molar-refractivity contribution in [2.75, 3.05) is 17.1 Å². The molecule has 35 heavy (non-hydrogen) atoms. The van der Waals surface area contributed by atoms with Gasteiger partial charge >= 0.3 is 0 Å². The molecule has 0 bridgehead atoms. The van der Waals surface area contributed by atoms with E-state index in [1.54, 1.807) is 43.3 Å². The van der Waals surface area contributed by atoms with E-state index in [-0.39, 0.29) is 18.5 Å². The van der Waals surface area contributed by atoms with E-state index in [2.05, 4.69) is 21.2 Å². The number of benzene rings is 2. The van der Waals surface area contributed by atoms with Gasteiger partial charge in [0.25, 0.3) is 0 Å².